The van der Waals surface area contributed by atoms with E-state index in [1.807, 2.05) is 0 Å². The summed E-state index contributed by atoms with van der Waals surface area (Å²) < 4.78 is 42.6. The molecule has 0 aliphatic carbocycles. The van der Waals surface area contributed by atoms with E-state index in [9.17, 15) is 18.0 Å². The van der Waals surface area contributed by atoms with Crippen molar-refractivity contribution < 1.29 is 22.7 Å². The van der Waals surface area contributed by atoms with Crippen LogP contribution in [0.15, 0.2) is 48.5 Å². The van der Waals surface area contributed by atoms with Crippen LogP contribution in [0.3, 0.4) is 0 Å². The van der Waals surface area contributed by atoms with Crippen LogP contribution in [0.1, 0.15) is 15.9 Å². The molecule has 0 aliphatic rings. The fraction of sp³-hybridized carbons (Fsp3) is 0.0714. The van der Waals surface area contributed by atoms with Gasteiger partial charge in [-0.2, -0.15) is 13.2 Å². The van der Waals surface area contributed by atoms with Crippen LogP contribution in [-0.4, -0.2) is 5.97 Å². The second-order valence-corrected chi connectivity index (χ2v) is 4.36. The van der Waals surface area contributed by atoms with Gasteiger partial charge in [0.25, 0.3) is 0 Å². The first-order valence-electron chi connectivity index (χ1n) is 5.51. The van der Waals surface area contributed by atoms with Gasteiger partial charge in [0.15, 0.2) is 0 Å². The summed E-state index contributed by atoms with van der Waals surface area (Å²) in [7, 11) is 0. The second-order valence-electron chi connectivity index (χ2n) is 3.92. The summed E-state index contributed by atoms with van der Waals surface area (Å²) in [5.74, 6) is -0.657. The molecular weight excluding hydrogens is 293 g/mol. The molecule has 6 heteroatoms. The Bertz CT molecular complexity index is 621. The first kappa shape index (κ1) is 14.4. The Morgan fingerprint density at radius 1 is 1.05 bits per heavy atom. The van der Waals surface area contributed by atoms with Gasteiger partial charge in [0.2, 0.25) is 0 Å². The molecule has 0 N–H and O–H groups in total. The summed E-state index contributed by atoms with van der Waals surface area (Å²) in [6, 6.07) is 9.97. The van der Waals surface area contributed by atoms with E-state index in [-0.39, 0.29) is 11.3 Å². The van der Waals surface area contributed by atoms with Crippen LogP contribution >= 0.6 is 11.6 Å². The van der Waals surface area contributed by atoms with Crippen molar-refractivity contribution in [3.8, 4) is 5.75 Å². The maximum Gasteiger partial charge on any atom is 0.416 e. The summed E-state index contributed by atoms with van der Waals surface area (Å²) in [6.45, 7) is 0. The van der Waals surface area contributed by atoms with Crippen LogP contribution in [-0.2, 0) is 6.18 Å². The van der Waals surface area contributed by atoms with E-state index in [1.165, 1.54) is 30.3 Å². The minimum atomic E-state index is -4.50. The highest BCUT2D eigenvalue weighted by atomic mass is 35.5. The van der Waals surface area contributed by atoms with Crippen LogP contribution in [0.25, 0.3) is 0 Å². The lowest BCUT2D eigenvalue weighted by molar-refractivity contribution is -0.137. The third kappa shape index (κ3) is 3.51. The Hall–Kier alpha value is -2.01. The Labute approximate surface area is 117 Å². The molecule has 2 nitrogen and oxygen atoms in total. The van der Waals surface area contributed by atoms with Crippen molar-refractivity contribution in [3.63, 3.8) is 0 Å². The number of hydrogen-bond acceptors (Lipinski definition) is 2. The van der Waals surface area contributed by atoms with Crippen LogP contribution in [0.2, 0.25) is 5.02 Å². The number of esters is 1. The van der Waals surface area contributed by atoms with E-state index < -0.39 is 17.7 Å². The molecule has 0 saturated heterocycles. The Kier molecular flexibility index (Phi) is 3.99. The zero-order chi connectivity index (χ0) is 14.8. The van der Waals surface area contributed by atoms with Crippen molar-refractivity contribution >= 4 is 17.6 Å². The maximum atomic E-state index is 12.5. The average molecular weight is 301 g/mol. The number of carbonyl (C=O) groups is 1. The number of benzene rings is 2. The standard InChI is InChI=1S/C14H8ClF3O2/c15-11-4-6-12(7-5-11)20-13(19)9-2-1-3-10(8-9)14(16,17)18/h1-8H. The van der Waals surface area contributed by atoms with Crippen molar-refractivity contribution in [2.24, 2.45) is 0 Å². The number of alkyl halides is 3. The van der Waals surface area contributed by atoms with Gasteiger partial charge < -0.3 is 4.74 Å². The van der Waals surface area contributed by atoms with E-state index in [4.69, 9.17) is 16.3 Å². The lowest BCUT2D eigenvalue weighted by Gasteiger charge is -2.08. The van der Waals surface area contributed by atoms with E-state index in [2.05, 4.69) is 0 Å². The van der Waals surface area contributed by atoms with E-state index >= 15 is 0 Å². The molecule has 104 valence electrons. The van der Waals surface area contributed by atoms with Gasteiger partial charge >= 0.3 is 12.1 Å². The normalized spacial score (nSPS) is 11.2. The molecule has 0 atom stereocenters. The highest BCUT2D eigenvalue weighted by Crippen LogP contribution is 2.29. The molecule has 2 rings (SSSR count). The summed E-state index contributed by atoms with van der Waals surface area (Å²) in [6.07, 6.45) is -4.50. The van der Waals surface area contributed by atoms with Crippen LogP contribution in [0.5, 0.6) is 5.75 Å². The van der Waals surface area contributed by atoms with Gasteiger partial charge in [-0.25, -0.2) is 4.79 Å². The zero-order valence-corrected chi connectivity index (χ0v) is 10.7. The maximum absolute atomic E-state index is 12.5. The molecule has 0 aliphatic heterocycles. The molecule has 0 bridgehead atoms. The minimum absolute atomic E-state index is 0.172. The van der Waals surface area contributed by atoms with Crippen LogP contribution < -0.4 is 4.74 Å². The largest absolute Gasteiger partial charge is 0.423 e. The van der Waals surface area contributed by atoms with Crippen molar-refractivity contribution in [2.75, 3.05) is 0 Å². The number of carbonyl (C=O) groups excluding carboxylic acids is 1. The fourth-order valence-corrected chi connectivity index (χ4v) is 1.62. The second kappa shape index (κ2) is 5.54. The Morgan fingerprint density at radius 2 is 1.70 bits per heavy atom. The molecule has 0 spiro atoms. The molecular formula is C14H8ClF3O2. The third-order valence-corrected chi connectivity index (χ3v) is 2.70. The van der Waals surface area contributed by atoms with Gasteiger partial charge in [-0.15, -0.1) is 0 Å². The van der Waals surface area contributed by atoms with Gasteiger partial charge in [-0.05, 0) is 42.5 Å². The molecule has 0 radical (unpaired) electrons. The van der Waals surface area contributed by atoms with Crippen molar-refractivity contribution in [1.82, 2.24) is 0 Å². The fourth-order valence-electron chi connectivity index (χ4n) is 1.49. The minimum Gasteiger partial charge on any atom is -0.423 e. The number of ether oxygens (including phenoxy) is 1. The summed E-state index contributed by atoms with van der Waals surface area (Å²) in [5.41, 5.74) is -1.07. The molecule has 0 saturated carbocycles. The summed E-state index contributed by atoms with van der Waals surface area (Å²) in [4.78, 5) is 11.8. The molecule has 2 aromatic rings. The molecule has 0 amide bonds. The van der Waals surface area contributed by atoms with E-state index in [0.717, 1.165) is 18.2 Å². The molecule has 20 heavy (non-hydrogen) atoms. The topological polar surface area (TPSA) is 26.3 Å². The first-order valence-corrected chi connectivity index (χ1v) is 5.89. The monoisotopic (exact) mass is 300 g/mol. The molecule has 0 aromatic heterocycles. The quantitative estimate of drug-likeness (QED) is 0.599. The molecule has 0 heterocycles. The van der Waals surface area contributed by atoms with Crippen molar-refractivity contribution in [1.29, 1.82) is 0 Å². The third-order valence-electron chi connectivity index (χ3n) is 2.45. The number of halogens is 4. The van der Waals surface area contributed by atoms with Crippen molar-refractivity contribution in [3.05, 3.63) is 64.7 Å². The zero-order valence-electron chi connectivity index (χ0n) is 9.95. The lowest BCUT2D eigenvalue weighted by atomic mass is 10.1. The van der Waals surface area contributed by atoms with Gasteiger partial charge in [-0.3, -0.25) is 0 Å². The molecule has 0 unspecified atom stereocenters. The summed E-state index contributed by atoms with van der Waals surface area (Å²) >= 11 is 5.67. The molecule has 2 aromatic carbocycles. The van der Waals surface area contributed by atoms with Gasteiger partial charge in [0.05, 0.1) is 11.1 Å². The Morgan fingerprint density at radius 3 is 2.30 bits per heavy atom. The predicted molar refractivity (Wildman–Crippen MR) is 67.9 cm³/mol. The van der Waals surface area contributed by atoms with Gasteiger partial charge in [0, 0.05) is 5.02 Å². The predicted octanol–water partition coefficient (Wildman–Crippen LogP) is 4.58. The SMILES string of the molecule is O=C(Oc1ccc(Cl)cc1)c1cccc(C(F)(F)F)c1. The summed E-state index contributed by atoms with van der Waals surface area (Å²) in [5, 5.41) is 0.462. The van der Waals surface area contributed by atoms with Crippen LogP contribution in [0.4, 0.5) is 13.2 Å². The van der Waals surface area contributed by atoms with E-state index in [0.29, 0.717) is 5.02 Å². The van der Waals surface area contributed by atoms with Crippen molar-refractivity contribution in [2.45, 2.75) is 6.18 Å². The van der Waals surface area contributed by atoms with Gasteiger partial charge in [0.1, 0.15) is 5.75 Å². The molecule has 0 fully saturated rings. The number of hydrogen-bond donors (Lipinski definition) is 0. The number of rotatable bonds is 2. The Balaban J connectivity index is 2.19. The first-order chi connectivity index (χ1) is 9.36. The van der Waals surface area contributed by atoms with Gasteiger partial charge in [-0.1, -0.05) is 17.7 Å². The average Bonchev–Trinajstić information content (AvgIpc) is 2.40. The smallest absolute Gasteiger partial charge is 0.416 e. The highest BCUT2D eigenvalue weighted by Gasteiger charge is 2.31. The van der Waals surface area contributed by atoms with E-state index in [1.54, 1.807) is 0 Å². The highest BCUT2D eigenvalue weighted by molar-refractivity contribution is 6.30. The van der Waals surface area contributed by atoms with Crippen LogP contribution in [0, 0.1) is 0 Å². The lowest BCUT2D eigenvalue weighted by Crippen LogP contribution is -2.11.